The molecule has 1 saturated heterocycles. The Bertz CT molecular complexity index is 455. The van der Waals surface area contributed by atoms with Crippen LogP contribution in [0.5, 0.6) is 0 Å². The first-order valence-electron chi connectivity index (χ1n) is 5.34. The number of alkyl halides is 2. The topological polar surface area (TPSA) is 27.0 Å². The molecule has 1 fully saturated rings. The molecule has 0 radical (unpaired) electrons. The number of benzene rings is 1. The fraction of sp³-hybridized carbons (Fsp3) is 0.417. The van der Waals surface area contributed by atoms with Gasteiger partial charge in [-0.3, -0.25) is 0 Å². The van der Waals surface area contributed by atoms with Crippen LogP contribution < -0.4 is 4.90 Å². The highest BCUT2D eigenvalue weighted by Gasteiger charge is 2.34. The van der Waals surface area contributed by atoms with Crippen molar-refractivity contribution in [2.24, 2.45) is 0 Å². The highest BCUT2D eigenvalue weighted by Crippen LogP contribution is 2.31. The van der Waals surface area contributed by atoms with Gasteiger partial charge in [-0.1, -0.05) is 0 Å². The zero-order chi connectivity index (χ0) is 12.5. The summed E-state index contributed by atoms with van der Waals surface area (Å²) in [4.78, 5) is 1.59. The summed E-state index contributed by atoms with van der Waals surface area (Å²) in [6.07, 6.45) is -0.515. The first kappa shape index (κ1) is 11.8. The van der Waals surface area contributed by atoms with E-state index in [9.17, 15) is 13.2 Å². The summed E-state index contributed by atoms with van der Waals surface area (Å²) in [5.41, 5.74) is 0.521. The van der Waals surface area contributed by atoms with Crippen molar-refractivity contribution in [2.75, 3.05) is 18.0 Å². The zero-order valence-electron chi connectivity index (χ0n) is 9.09. The molecule has 1 aromatic rings. The van der Waals surface area contributed by atoms with E-state index in [2.05, 4.69) is 0 Å². The second-order valence-electron chi connectivity index (χ2n) is 4.12. The summed E-state index contributed by atoms with van der Waals surface area (Å²) in [6.45, 7) is 0.269. The monoisotopic (exact) mass is 240 g/mol. The number of rotatable bonds is 1. The number of hydrogen-bond acceptors (Lipinski definition) is 2. The number of nitriles is 1. The van der Waals surface area contributed by atoms with E-state index in [0.717, 1.165) is 6.07 Å². The van der Waals surface area contributed by atoms with E-state index in [1.165, 1.54) is 12.1 Å². The van der Waals surface area contributed by atoms with Gasteiger partial charge in [0.15, 0.2) is 0 Å². The van der Waals surface area contributed by atoms with Crippen molar-refractivity contribution >= 4 is 5.69 Å². The Morgan fingerprint density at radius 1 is 1.24 bits per heavy atom. The van der Waals surface area contributed by atoms with Gasteiger partial charge in [0.2, 0.25) is 0 Å². The Morgan fingerprint density at radius 3 is 2.41 bits per heavy atom. The maximum absolute atomic E-state index is 13.6. The van der Waals surface area contributed by atoms with Gasteiger partial charge in [-0.2, -0.15) is 5.26 Å². The first-order valence-corrected chi connectivity index (χ1v) is 5.34. The smallest absolute Gasteiger partial charge is 0.251 e. The molecule has 0 bridgehead atoms. The minimum absolute atomic E-state index is 0.135. The van der Waals surface area contributed by atoms with Gasteiger partial charge in [0.05, 0.1) is 17.3 Å². The van der Waals surface area contributed by atoms with Crippen LogP contribution in [-0.4, -0.2) is 19.0 Å². The van der Waals surface area contributed by atoms with Crippen molar-refractivity contribution < 1.29 is 13.2 Å². The van der Waals surface area contributed by atoms with Crippen LogP contribution in [-0.2, 0) is 0 Å². The Balaban J connectivity index is 2.17. The van der Waals surface area contributed by atoms with Crippen molar-refractivity contribution in [2.45, 2.75) is 18.8 Å². The molecule has 90 valence electrons. The van der Waals surface area contributed by atoms with Crippen LogP contribution in [0.3, 0.4) is 0 Å². The van der Waals surface area contributed by atoms with E-state index in [0.29, 0.717) is 5.69 Å². The van der Waals surface area contributed by atoms with Gasteiger partial charge in [-0.25, -0.2) is 13.2 Å². The summed E-state index contributed by atoms with van der Waals surface area (Å²) in [7, 11) is 0. The van der Waals surface area contributed by atoms with Gasteiger partial charge in [0, 0.05) is 25.9 Å². The van der Waals surface area contributed by atoms with Gasteiger partial charge in [-0.05, 0) is 18.2 Å². The van der Waals surface area contributed by atoms with E-state index in [-0.39, 0.29) is 31.5 Å². The molecule has 1 heterocycles. The molecule has 2 nitrogen and oxygen atoms in total. The molecular formula is C12H11F3N2. The molecule has 5 heteroatoms. The summed E-state index contributed by atoms with van der Waals surface area (Å²) < 4.78 is 39.5. The van der Waals surface area contributed by atoms with Gasteiger partial charge in [0.1, 0.15) is 5.82 Å². The first-order chi connectivity index (χ1) is 8.02. The van der Waals surface area contributed by atoms with E-state index in [4.69, 9.17) is 5.26 Å². The fourth-order valence-corrected chi connectivity index (χ4v) is 1.91. The standard InChI is InChI=1S/C12H11F3N2/c13-10-7-9(8-16)1-2-11(10)17-5-3-12(14,15)4-6-17/h1-2,7H,3-6H2. The minimum atomic E-state index is -2.64. The molecule has 1 aliphatic rings. The fourth-order valence-electron chi connectivity index (χ4n) is 1.91. The molecular weight excluding hydrogens is 229 g/mol. The van der Waals surface area contributed by atoms with Crippen LogP contribution in [0.25, 0.3) is 0 Å². The molecule has 0 N–H and O–H groups in total. The molecule has 0 amide bonds. The summed E-state index contributed by atoms with van der Waals surface area (Å²) in [6, 6.07) is 5.92. The molecule has 2 rings (SSSR count). The van der Waals surface area contributed by atoms with E-state index in [1.54, 1.807) is 4.90 Å². The highest BCUT2D eigenvalue weighted by molar-refractivity contribution is 5.51. The van der Waals surface area contributed by atoms with E-state index >= 15 is 0 Å². The molecule has 1 aliphatic heterocycles. The quantitative estimate of drug-likeness (QED) is 0.754. The lowest BCUT2D eigenvalue weighted by Gasteiger charge is -2.33. The number of halogens is 3. The highest BCUT2D eigenvalue weighted by atomic mass is 19.3. The van der Waals surface area contributed by atoms with Gasteiger partial charge >= 0.3 is 0 Å². The molecule has 17 heavy (non-hydrogen) atoms. The second kappa shape index (κ2) is 4.28. The average molecular weight is 240 g/mol. The molecule has 0 spiro atoms. The minimum Gasteiger partial charge on any atom is -0.369 e. The third-order valence-electron chi connectivity index (χ3n) is 2.91. The van der Waals surface area contributed by atoms with Crippen LogP contribution in [0.15, 0.2) is 18.2 Å². The van der Waals surface area contributed by atoms with Gasteiger partial charge in [-0.15, -0.1) is 0 Å². The predicted octanol–water partition coefficient (Wildman–Crippen LogP) is 2.93. The molecule has 0 unspecified atom stereocenters. The van der Waals surface area contributed by atoms with Crippen LogP contribution >= 0.6 is 0 Å². The molecule has 0 saturated carbocycles. The lowest BCUT2D eigenvalue weighted by Crippen LogP contribution is -2.39. The van der Waals surface area contributed by atoms with Crippen molar-refractivity contribution in [1.29, 1.82) is 5.26 Å². The maximum atomic E-state index is 13.6. The number of nitrogens with zero attached hydrogens (tertiary/aromatic N) is 2. The van der Waals surface area contributed by atoms with Gasteiger partial charge < -0.3 is 4.90 Å². The van der Waals surface area contributed by atoms with Crippen molar-refractivity contribution in [3.63, 3.8) is 0 Å². The zero-order valence-corrected chi connectivity index (χ0v) is 9.09. The van der Waals surface area contributed by atoms with Crippen molar-refractivity contribution in [1.82, 2.24) is 0 Å². The Hall–Kier alpha value is -1.70. The third kappa shape index (κ3) is 2.52. The van der Waals surface area contributed by atoms with Crippen LogP contribution in [0.1, 0.15) is 18.4 Å². The third-order valence-corrected chi connectivity index (χ3v) is 2.91. The van der Waals surface area contributed by atoms with Crippen molar-refractivity contribution in [3.8, 4) is 6.07 Å². The predicted molar refractivity (Wildman–Crippen MR) is 57.5 cm³/mol. The summed E-state index contributed by atoms with van der Waals surface area (Å²) in [5.74, 6) is -3.17. The lowest BCUT2D eigenvalue weighted by atomic mass is 10.1. The van der Waals surface area contributed by atoms with E-state index in [1.807, 2.05) is 6.07 Å². The Kier molecular flexibility index (Phi) is 2.97. The Labute approximate surface area is 97.3 Å². The number of anilines is 1. The largest absolute Gasteiger partial charge is 0.369 e. The maximum Gasteiger partial charge on any atom is 0.251 e. The summed E-state index contributed by atoms with van der Waals surface area (Å²) in [5, 5.41) is 8.60. The Morgan fingerprint density at radius 2 is 1.88 bits per heavy atom. The number of hydrogen-bond donors (Lipinski definition) is 0. The summed E-state index contributed by atoms with van der Waals surface area (Å²) >= 11 is 0. The average Bonchev–Trinajstić information content (AvgIpc) is 2.29. The van der Waals surface area contributed by atoms with Crippen LogP contribution in [0.4, 0.5) is 18.9 Å². The van der Waals surface area contributed by atoms with Crippen molar-refractivity contribution in [3.05, 3.63) is 29.6 Å². The van der Waals surface area contributed by atoms with Gasteiger partial charge in [0.25, 0.3) is 5.92 Å². The molecule has 0 aromatic heterocycles. The van der Waals surface area contributed by atoms with E-state index < -0.39 is 11.7 Å². The lowest BCUT2D eigenvalue weighted by molar-refractivity contribution is -0.0221. The van der Waals surface area contributed by atoms with Crippen LogP contribution in [0, 0.1) is 17.1 Å². The number of piperidine rings is 1. The molecule has 0 atom stereocenters. The normalized spacial score (nSPS) is 18.8. The second-order valence-corrected chi connectivity index (χ2v) is 4.12. The molecule has 0 aliphatic carbocycles. The van der Waals surface area contributed by atoms with Crippen LogP contribution in [0.2, 0.25) is 0 Å². The SMILES string of the molecule is N#Cc1ccc(N2CCC(F)(F)CC2)c(F)c1. The molecule has 1 aromatic carbocycles.